The van der Waals surface area contributed by atoms with Crippen molar-refractivity contribution in [1.29, 1.82) is 0 Å². The van der Waals surface area contributed by atoms with Gasteiger partial charge in [0, 0.05) is 36.5 Å². The molecule has 0 saturated carbocycles. The molecule has 2 fully saturated rings. The van der Waals surface area contributed by atoms with E-state index >= 15 is 4.39 Å². The van der Waals surface area contributed by atoms with Crippen LogP contribution in [0.25, 0.3) is 22.5 Å². The quantitative estimate of drug-likeness (QED) is 0.614. The molecule has 1 aromatic carbocycles. The molecule has 30 heavy (non-hydrogen) atoms. The SMILES string of the molecule is CN(c1cnc(-c2ccc(-c3ccn[nH]3)cc2O)cn1)[C@H]1CC2CCCC(N2)[C@H]1F. The molecule has 2 aromatic heterocycles. The van der Waals surface area contributed by atoms with Crippen LogP contribution >= 0.6 is 0 Å². The van der Waals surface area contributed by atoms with E-state index in [-0.39, 0.29) is 17.8 Å². The average Bonchev–Trinajstić information content (AvgIpc) is 3.31. The fourth-order valence-corrected chi connectivity index (χ4v) is 4.70. The predicted molar refractivity (Wildman–Crippen MR) is 113 cm³/mol. The number of aromatic amines is 1. The second kappa shape index (κ2) is 7.68. The number of halogens is 1. The van der Waals surface area contributed by atoms with Crippen LogP contribution in [0, 0.1) is 0 Å². The van der Waals surface area contributed by atoms with Crippen molar-refractivity contribution in [2.75, 3.05) is 11.9 Å². The first-order chi connectivity index (χ1) is 14.6. The summed E-state index contributed by atoms with van der Waals surface area (Å²) in [6.07, 6.45) is 7.88. The minimum absolute atomic E-state index is 0.0671. The molecular weight excluding hydrogens is 383 g/mol. The molecular formula is C22H25FN6O. The van der Waals surface area contributed by atoms with E-state index in [9.17, 15) is 5.11 Å². The molecule has 3 aromatic rings. The number of phenolic OH excluding ortho intramolecular Hbond substituents is 1. The molecule has 4 heterocycles. The van der Waals surface area contributed by atoms with Crippen LogP contribution in [0.1, 0.15) is 25.7 Å². The molecule has 8 heteroatoms. The largest absolute Gasteiger partial charge is 0.507 e. The molecule has 2 unspecified atom stereocenters. The van der Waals surface area contributed by atoms with Crippen molar-refractivity contribution in [2.24, 2.45) is 0 Å². The lowest BCUT2D eigenvalue weighted by atomic mass is 9.82. The molecule has 5 rings (SSSR count). The van der Waals surface area contributed by atoms with Gasteiger partial charge in [-0.3, -0.25) is 10.1 Å². The molecule has 7 nitrogen and oxygen atoms in total. The molecule has 3 N–H and O–H groups in total. The summed E-state index contributed by atoms with van der Waals surface area (Å²) in [4.78, 5) is 10.9. The van der Waals surface area contributed by atoms with Gasteiger partial charge in [0.15, 0.2) is 0 Å². The van der Waals surface area contributed by atoms with Crippen LogP contribution in [0.4, 0.5) is 10.2 Å². The Bertz CT molecular complexity index is 1010. The molecule has 0 spiro atoms. The fourth-order valence-electron chi connectivity index (χ4n) is 4.70. The number of rotatable bonds is 4. The lowest BCUT2D eigenvalue weighted by Crippen LogP contribution is -2.61. The third-order valence-electron chi connectivity index (χ3n) is 6.38. The van der Waals surface area contributed by atoms with Gasteiger partial charge >= 0.3 is 0 Å². The highest BCUT2D eigenvalue weighted by Gasteiger charge is 2.41. The monoisotopic (exact) mass is 408 g/mol. The van der Waals surface area contributed by atoms with Gasteiger partial charge in [0.2, 0.25) is 0 Å². The molecule has 0 amide bonds. The first-order valence-corrected chi connectivity index (χ1v) is 10.4. The number of alkyl halides is 1. The van der Waals surface area contributed by atoms with E-state index in [4.69, 9.17) is 0 Å². The summed E-state index contributed by atoms with van der Waals surface area (Å²) >= 11 is 0. The van der Waals surface area contributed by atoms with Gasteiger partial charge in [-0.25, -0.2) is 9.37 Å². The number of hydrogen-bond acceptors (Lipinski definition) is 6. The van der Waals surface area contributed by atoms with E-state index in [1.54, 1.807) is 24.7 Å². The Morgan fingerprint density at radius 3 is 2.80 bits per heavy atom. The highest BCUT2D eigenvalue weighted by molar-refractivity contribution is 5.72. The second-order valence-electron chi connectivity index (χ2n) is 8.22. The van der Waals surface area contributed by atoms with Crippen LogP contribution in [-0.2, 0) is 0 Å². The number of anilines is 1. The van der Waals surface area contributed by atoms with E-state index in [1.807, 2.05) is 30.1 Å². The molecule has 156 valence electrons. The van der Waals surface area contributed by atoms with Crippen LogP contribution in [0.3, 0.4) is 0 Å². The van der Waals surface area contributed by atoms with E-state index in [0.717, 1.165) is 36.9 Å². The number of aromatic nitrogens is 4. The van der Waals surface area contributed by atoms with Crippen molar-refractivity contribution in [3.05, 3.63) is 42.9 Å². The van der Waals surface area contributed by atoms with Crippen molar-refractivity contribution < 1.29 is 9.50 Å². The van der Waals surface area contributed by atoms with Crippen LogP contribution < -0.4 is 10.2 Å². The summed E-state index contributed by atoms with van der Waals surface area (Å²) in [5, 5.41) is 20.7. The zero-order valence-electron chi connectivity index (χ0n) is 16.8. The van der Waals surface area contributed by atoms with Gasteiger partial charge in [0.25, 0.3) is 0 Å². The Kier molecular flexibility index (Phi) is 4.86. The summed E-state index contributed by atoms with van der Waals surface area (Å²) in [6.45, 7) is 0. The predicted octanol–water partition coefficient (Wildman–Crippen LogP) is 3.30. The standard InChI is InChI=1S/C22H25FN6O/c1-29(19-10-14-3-2-4-17(27-14)22(19)23)21-12-24-18(11-25-21)15-6-5-13(9-20(15)30)16-7-8-26-28-16/h5-9,11-12,14,17,19,22,27,30H,2-4,10H2,1H3,(H,26,28)/t14?,17?,19-,22+/m0/s1. The van der Waals surface area contributed by atoms with E-state index in [0.29, 0.717) is 23.1 Å². The van der Waals surface area contributed by atoms with Gasteiger partial charge in [-0.2, -0.15) is 5.10 Å². The molecule has 0 radical (unpaired) electrons. The van der Waals surface area contributed by atoms with E-state index in [2.05, 4.69) is 25.5 Å². The average molecular weight is 408 g/mol. The van der Waals surface area contributed by atoms with Crippen molar-refractivity contribution in [3.8, 4) is 28.3 Å². The van der Waals surface area contributed by atoms with Gasteiger partial charge in [0.1, 0.15) is 17.7 Å². The van der Waals surface area contributed by atoms with Crippen molar-refractivity contribution in [3.63, 3.8) is 0 Å². The van der Waals surface area contributed by atoms with Crippen LogP contribution in [0.2, 0.25) is 0 Å². The van der Waals surface area contributed by atoms with Crippen molar-refractivity contribution in [1.82, 2.24) is 25.5 Å². The highest BCUT2D eigenvalue weighted by atomic mass is 19.1. The van der Waals surface area contributed by atoms with E-state index < -0.39 is 6.17 Å². The first-order valence-electron chi connectivity index (χ1n) is 10.4. The summed E-state index contributed by atoms with van der Waals surface area (Å²) in [5.74, 6) is 0.757. The zero-order valence-corrected chi connectivity index (χ0v) is 16.8. The Morgan fingerprint density at radius 1 is 1.17 bits per heavy atom. The summed E-state index contributed by atoms with van der Waals surface area (Å²) in [5.41, 5.74) is 2.83. The van der Waals surface area contributed by atoms with Crippen LogP contribution in [0.5, 0.6) is 5.75 Å². The molecule has 0 aliphatic carbocycles. The topological polar surface area (TPSA) is 90.0 Å². The van der Waals surface area contributed by atoms with Crippen LogP contribution in [0.15, 0.2) is 42.9 Å². The van der Waals surface area contributed by atoms with Crippen LogP contribution in [-0.4, -0.2) is 56.6 Å². The fraction of sp³-hybridized carbons (Fsp3) is 0.409. The van der Waals surface area contributed by atoms with Gasteiger partial charge in [-0.15, -0.1) is 0 Å². The Hall–Kier alpha value is -3.00. The smallest absolute Gasteiger partial charge is 0.147 e. The number of hydrogen-bond donors (Lipinski definition) is 3. The Labute approximate surface area is 174 Å². The lowest BCUT2D eigenvalue weighted by molar-refractivity contribution is 0.107. The number of fused-ring (bicyclic) bond motifs is 2. The van der Waals surface area contributed by atoms with Crippen molar-refractivity contribution in [2.45, 2.75) is 50.0 Å². The number of piperidine rings is 2. The minimum atomic E-state index is -0.924. The van der Waals surface area contributed by atoms with Gasteiger partial charge in [0.05, 0.1) is 29.8 Å². The third kappa shape index (κ3) is 3.41. The Morgan fingerprint density at radius 2 is 2.07 bits per heavy atom. The number of H-pyrrole nitrogens is 1. The number of nitrogens with zero attached hydrogens (tertiary/aromatic N) is 4. The van der Waals surface area contributed by atoms with Gasteiger partial charge in [-0.1, -0.05) is 12.5 Å². The van der Waals surface area contributed by atoms with Gasteiger partial charge in [-0.05, 0) is 37.5 Å². The third-order valence-corrected chi connectivity index (χ3v) is 6.38. The normalized spacial score (nSPS) is 25.8. The molecule has 2 bridgehead atoms. The molecule has 4 atom stereocenters. The second-order valence-corrected chi connectivity index (χ2v) is 8.22. The zero-order chi connectivity index (χ0) is 20.7. The van der Waals surface area contributed by atoms with Gasteiger partial charge < -0.3 is 15.3 Å². The minimum Gasteiger partial charge on any atom is -0.507 e. The number of aromatic hydroxyl groups is 1. The summed E-state index contributed by atoms with van der Waals surface area (Å²) < 4.78 is 15.0. The van der Waals surface area contributed by atoms with E-state index in [1.165, 1.54) is 0 Å². The lowest BCUT2D eigenvalue weighted by Gasteiger charge is -2.46. The highest BCUT2D eigenvalue weighted by Crippen LogP contribution is 2.34. The number of phenols is 1. The maximum absolute atomic E-state index is 15.0. The molecule has 2 aliphatic heterocycles. The number of nitrogens with one attached hydrogen (secondary N) is 2. The maximum atomic E-state index is 15.0. The molecule has 2 saturated heterocycles. The summed E-state index contributed by atoms with van der Waals surface area (Å²) in [6, 6.07) is 7.32. The Balaban J connectivity index is 1.35. The molecule has 2 aliphatic rings. The maximum Gasteiger partial charge on any atom is 0.147 e. The number of benzene rings is 1. The summed E-state index contributed by atoms with van der Waals surface area (Å²) in [7, 11) is 1.89. The first kappa shape index (κ1) is 19.0. The van der Waals surface area contributed by atoms with Crippen molar-refractivity contribution >= 4 is 5.82 Å².